The minimum absolute atomic E-state index is 0.164. The highest BCUT2D eigenvalue weighted by molar-refractivity contribution is 5.80. The van der Waals surface area contributed by atoms with Gasteiger partial charge in [0, 0.05) is 6.20 Å². The van der Waals surface area contributed by atoms with Crippen molar-refractivity contribution in [3.05, 3.63) is 48.3 Å². The monoisotopic (exact) mass is 224 g/mol. The fourth-order valence-electron chi connectivity index (χ4n) is 2.43. The number of hydrogen-bond acceptors (Lipinski definition) is 2. The maximum atomic E-state index is 5.55. The van der Waals surface area contributed by atoms with Crippen LogP contribution in [0.1, 0.15) is 18.7 Å². The Labute approximate surface area is 98.7 Å². The van der Waals surface area contributed by atoms with Crippen molar-refractivity contribution in [1.82, 2.24) is 9.38 Å². The molecule has 1 aromatic carbocycles. The molecular formula is C14H12N2O. The molecule has 1 fully saturated rings. The molecule has 0 bridgehead atoms. The fourth-order valence-corrected chi connectivity index (χ4v) is 2.43. The Bertz CT molecular complexity index is 716. The molecule has 0 unspecified atom stereocenters. The van der Waals surface area contributed by atoms with E-state index in [4.69, 9.17) is 9.72 Å². The lowest BCUT2D eigenvalue weighted by Gasteiger charge is -2.06. The highest BCUT2D eigenvalue weighted by Gasteiger charge is 2.38. The zero-order valence-corrected chi connectivity index (χ0v) is 9.50. The molecule has 2 aromatic heterocycles. The number of para-hydroxylation sites is 2. The molecule has 3 aromatic rings. The molecule has 3 nitrogen and oxygen atoms in total. The molecule has 0 N–H and O–H groups in total. The third-order valence-electron chi connectivity index (χ3n) is 3.37. The Morgan fingerprint density at radius 3 is 2.71 bits per heavy atom. The van der Waals surface area contributed by atoms with Gasteiger partial charge in [0.25, 0.3) is 0 Å². The average Bonchev–Trinajstić information content (AvgIpc) is 2.90. The third-order valence-corrected chi connectivity index (χ3v) is 3.37. The maximum absolute atomic E-state index is 5.55. The summed E-state index contributed by atoms with van der Waals surface area (Å²) in [5, 5.41) is 0. The number of nitrogens with zero attached hydrogens (tertiary/aromatic N) is 2. The van der Waals surface area contributed by atoms with Crippen molar-refractivity contribution in [2.75, 3.05) is 0 Å². The molecule has 4 rings (SSSR count). The second kappa shape index (κ2) is 3.08. The molecule has 1 aliphatic rings. The lowest BCUT2D eigenvalue weighted by molar-refractivity contribution is 0.381. The Hall–Kier alpha value is -1.87. The van der Waals surface area contributed by atoms with Gasteiger partial charge in [0.2, 0.25) is 0 Å². The van der Waals surface area contributed by atoms with Crippen LogP contribution in [0.3, 0.4) is 0 Å². The molecule has 3 heterocycles. The van der Waals surface area contributed by atoms with Crippen LogP contribution in [-0.2, 0) is 4.74 Å². The van der Waals surface area contributed by atoms with E-state index in [1.54, 1.807) is 0 Å². The first-order valence-corrected chi connectivity index (χ1v) is 5.86. The second-order valence-electron chi connectivity index (χ2n) is 4.51. The normalized spacial score (nSPS) is 23.4. The molecule has 1 saturated heterocycles. The molecule has 2 atom stereocenters. The number of ether oxygens (including phenoxy) is 1. The van der Waals surface area contributed by atoms with Gasteiger partial charge in [0.1, 0.15) is 6.10 Å². The Kier molecular flexibility index (Phi) is 1.66. The Morgan fingerprint density at radius 1 is 1.12 bits per heavy atom. The van der Waals surface area contributed by atoms with Crippen LogP contribution < -0.4 is 0 Å². The van der Waals surface area contributed by atoms with Crippen molar-refractivity contribution in [3.63, 3.8) is 0 Å². The third kappa shape index (κ3) is 1.23. The Morgan fingerprint density at radius 2 is 1.88 bits per heavy atom. The van der Waals surface area contributed by atoms with Gasteiger partial charge < -0.3 is 9.14 Å². The van der Waals surface area contributed by atoms with Gasteiger partial charge in [-0.25, -0.2) is 4.98 Å². The van der Waals surface area contributed by atoms with Crippen LogP contribution in [0.5, 0.6) is 0 Å². The predicted octanol–water partition coefficient (Wildman–Crippen LogP) is 2.95. The lowest BCUT2D eigenvalue weighted by Crippen LogP contribution is -1.97. The van der Waals surface area contributed by atoms with Crippen LogP contribution in [0.4, 0.5) is 0 Å². The summed E-state index contributed by atoms with van der Waals surface area (Å²) < 4.78 is 7.74. The van der Waals surface area contributed by atoms with Gasteiger partial charge in [-0.3, -0.25) is 0 Å². The standard InChI is InChI=1S/C14H12N2O/c1-9-14(17-9)13-12-7-4-8-16(12)11-6-3-2-5-10(11)15-13/h2-9,14H,1H3/t9-,14+/m0/s1. The molecule has 0 saturated carbocycles. The van der Waals surface area contributed by atoms with E-state index in [0.29, 0.717) is 6.10 Å². The van der Waals surface area contributed by atoms with Crippen molar-refractivity contribution in [3.8, 4) is 0 Å². The minimum Gasteiger partial charge on any atom is -0.363 e. The van der Waals surface area contributed by atoms with Crippen molar-refractivity contribution < 1.29 is 4.74 Å². The van der Waals surface area contributed by atoms with Crippen molar-refractivity contribution >= 4 is 16.6 Å². The van der Waals surface area contributed by atoms with Gasteiger partial charge in [-0.15, -0.1) is 0 Å². The van der Waals surface area contributed by atoms with E-state index in [1.165, 1.54) is 0 Å². The summed E-state index contributed by atoms with van der Waals surface area (Å²) in [6, 6.07) is 12.4. The number of rotatable bonds is 1. The van der Waals surface area contributed by atoms with Crippen LogP contribution in [0.15, 0.2) is 42.6 Å². The highest BCUT2D eigenvalue weighted by atomic mass is 16.6. The van der Waals surface area contributed by atoms with Crippen molar-refractivity contribution in [2.45, 2.75) is 19.1 Å². The number of aromatic nitrogens is 2. The van der Waals surface area contributed by atoms with E-state index in [2.05, 4.69) is 35.7 Å². The van der Waals surface area contributed by atoms with Gasteiger partial charge in [-0.05, 0) is 31.2 Å². The summed E-state index contributed by atoms with van der Waals surface area (Å²) in [5.74, 6) is 0. The largest absolute Gasteiger partial charge is 0.363 e. The smallest absolute Gasteiger partial charge is 0.128 e. The summed E-state index contributed by atoms with van der Waals surface area (Å²) >= 11 is 0. The first-order valence-electron chi connectivity index (χ1n) is 5.86. The molecule has 3 heteroatoms. The first-order chi connectivity index (χ1) is 8.34. The Balaban J connectivity index is 2.13. The van der Waals surface area contributed by atoms with Gasteiger partial charge in [0.15, 0.2) is 0 Å². The second-order valence-corrected chi connectivity index (χ2v) is 4.51. The maximum Gasteiger partial charge on any atom is 0.128 e. The molecule has 0 aliphatic carbocycles. The molecule has 0 amide bonds. The summed E-state index contributed by atoms with van der Waals surface area (Å²) in [7, 11) is 0. The van der Waals surface area contributed by atoms with Gasteiger partial charge in [-0.2, -0.15) is 0 Å². The van der Waals surface area contributed by atoms with E-state index >= 15 is 0 Å². The first kappa shape index (κ1) is 9.19. The molecule has 84 valence electrons. The van der Waals surface area contributed by atoms with E-state index in [9.17, 15) is 0 Å². The van der Waals surface area contributed by atoms with Crippen LogP contribution in [0, 0.1) is 0 Å². The minimum atomic E-state index is 0.164. The molecule has 0 spiro atoms. The number of epoxide rings is 1. The average molecular weight is 224 g/mol. The van der Waals surface area contributed by atoms with Crippen LogP contribution in [0.2, 0.25) is 0 Å². The molecular weight excluding hydrogens is 212 g/mol. The molecule has 17 heavy (non-hydrogen) atoms. The summed E-state index contributed by atoms with van der Waals surface area (Å²) in [6.45, 7) is 2.08. The fraction of sp³-hybridized carbons (Fsp3) is 0.214. The van der Waals surface area contributed by atoms with Gasteiger partial charge in [0.05, 0.1) is 28.3 Å². The van der Waals surface area contributed by atoms with E-state index < -0.39 is 0 Å². The van der Waals surface area contributed by atoms with Crippen LogP contribution >= 0.6 is 0 Å². The van der Waals surface area contributed by atoms with Gasteiger partial charge >= 0.3 is 0 Å². The number of fused-ring (bicyclic) bond motifs is 3. The van der Waals surface area contributed by atoms with E-state index in [-0.39, 0.29) is 6.10 Å². The summed E-state index contributed by atoms with van der Waals surface area (Å²) in [4.78, 5) is 4.74. The summed E-state index contributed by atoms with van der Waals surface area (Å²) in [6.07, 6.45) is 2.54. The number of benzene rings is 1. The van der Waals surface area contributed by atoms with Crippen molar-refractivity contribution in [2.24, 2.45) is 0 Å². The number of hydrogen-bond donors (Lipinski definition) is 0. The molecule has 1 aliphatic heterocycles. The SMILES string of the molecule is C[C@@H]1O[C@H]1c1nc2ccccc2n2cccc12. The van der Waals surface area contributed by atoms with Crippen molar-refractivity contribution in [1.29, 1.82) is 0 Å². The topological polar surface area (TPSA) is 29.8 Å². The zero-order chi connectivity index (χ0) is 11.4. The quantitative estimate of drug-likeness (QED) is 0.595. The van der Waals surface area contributed by atoms with Gasteiger partial charge in [-0.1, -0.05) is 12.1 Å². The molecule has 0 radical (unpaired) electrons. The van der Waals surface area contributed by atoms with Crippen LogP contribution in [-0.4, -0.2) is 15.5 Å². The van der Waals surface area contributed by atoms with Crippen LogP contribution in [0.25, 0.3) is 16.6 Å². The highest BCUT2D eigenvalue weighted by Crippen LogP contribution is 2.39. The summed E-state index contributed by atoms with van der Waals surface area (Å²) in [5.41, 5.74) is 4.37. The van der Waals surface area contributed by atoms with E-state index in [1.807, 2.05) is 18.2 Å². The predicted molar refractivity (Wildman–Crippen MR) is 66.0 cm³/mol. The lowest BCUT2D eigenvalue weighted by atomic mass is 10.2. The van der Waals surface area contributed by atoms with E-state index in [0.717, 1.165) is 22.2 Å². The zero-order valence-electron chi connectivity index (χ0n) is 9.50.